The van der Waals surface area contributed by atoms with E-state index in [1.54, 1.807) is 6.08 Å². The van der Waals surface area contributed by atoms with Gasteiger partial charge in [0.25, 0.3) is 0 Å². The lowest BCUT2D eigenvalue weighted by molar-refractivity contribution is -0.140. The summed E-state index contributed by atoms with van der Waals surface area (Å²) in [5, 5.41) is -0.752. The Kier molecular flexibility index (Phi) is 16.6. The van der Waals surface area contributed by atoms with Crippen LogP contribution in [-0.2, 0) is 27.9 Å². The fourth-order valence-corrected chi connectivity index (χ4v) is 4.85. The van der Waals surface area contributed by atoms with Gasteiger partial charge in [-0.3, -0.25) is 14.2 Å². The third kappa shape index (κ3) is 11.9. The van der Waals surface area contributed by atoms with Gasteiger partial charge in [-0.15, -0.1) is 11.6 Å². The third-order valence-corrected chi connectivity index (χ3v) is 7.45. The van der Waals surface area contributed by atoms with Crippen molar-refractivity contribution in [3.63, 3.8) is 0 Å². The molecule has 0 aliphatic rings. The molecule has 8 heteroatoms. The van der Waals surface area contributed by atoms with Gasteiger partial charge in [-0.25, -0.2) is 0 Å². The molecule has 0 amide bonds. The summed E-state index contributed by atoms with van der Waals surface area (Å²) in [6, 6.07) is 0. The highest BCUT2D eigenvalue weighted by Gasteiger charge is 2.35. The molecule has 1 atom stereocenters. The molecule has 0 aliphatic carbocycles. The number of esters is 1. The number of carbonyl (C=O) groups is 2. The van der Waals surface area contributed by atoms with Gasteiger partial charge in [0.2, 0.25) is 0 Å². The SMILES string of the molecule is CCCCCCC(=O)C(Cl)/C(=C/CCCCCCCC(=O)OC)P(=O)(OC)OC. The van der Waals surface area contributed by atoms with Gasteiger partial charge in [0.05, 0.1) is 12.4 Å². The van der Waals surface area contributed by atoms with Gasteiger partial charge in [0.1, 0.15) is 5.38 Å². The van der Waals surface area contributed by atoms with Gasteiger partial charge < -0.3 is 13.8 Å². The first kappa shape index (κ1) is 28.3. The molecule has 0 radical (unpaired) electrons. The highest BCUT2D eigenvalue weighted by molar-refractivity contribution is 7.58. The van der Waals surface area contributed by atoms with Gasteiger partial charge in [-0.05, 0) is 25.7 Å². The van der Waals surface area contributed by atoms with Crippen molar-refractivity contribution in [3.8, 4) is 0 Å². The smallest absolute Gasteiger partial charge is 0.358 e. The molecule has 0 fully saturated rings. The van der Waals surface area contributed by atoms with E-state index in [1.807, 2.05) is 0 Å². The predicted octanol–water partition coefficient (Wildman–Crippen LogP) is 6.41. The lowest BCUT2D eigenvalue weighted by atomic mass is 10.1. The van der Waals surface area contributed by atoms with Crippen LogP contribution in [0.1, 0.15) is 84.0 Å². The Hall–Kier alpha value is -0.680. The molecule has 0 bridgehead atoms. The number of methoxy groups -OCH3 is 1. The van der Waals surface area contributed by atoms with Crippen molar-refractivity contribution >= 4 is 30.9 Å². The van der Waals surface area contributed by atoms with Gasteiger partial charge in [-0.1, -0.05) is 51.5 Å². The van der Waals surface area contributed by atoms with Crippen molar-refractivity contribution in [1.82, 2.24) is 0 Å². The Balaban J connectivity index is 4.66. The van der Waals surface area contributed by atoms with Crippen LogP contribution in [0.25, 0.3) is 0 Å². The van der Waals surface area contributed by atoms with Crippen LogP contribution >= 0.6 is 19.2 Å². The number of halogens is 1. The molecule has 6 nitrogen and oxygen atoms in total. The summed E-state index contributed by atoms with van der Waals surface area (Å²) in [5.74, 6) is -0.328. The molecule has 170 valence electrons. The van der Waals surface area contributed by atoms with Crippen molar-refractivity contribution in [2.24, 2.45) is 0 Å². The van der Waals surface area contributed by atoms with Crippen molar-refractivity contribution in [1.29, 1.82) is 0 Å². The van der Waals surface area contributed by atoms with Gasteiger partial charge in [0, 0.05) is 27.1 Å². The number of hydrogen-bond donors (Lipinski definition) is 0. The molecule has 1 unspecified atom stereocenters. The van der Waals surface area contributed by atoms with E-state index in [0.717, 1.165) is 57.8 Å². The quantitative estimate of drug-likeness (QED) is 0.103. The predicted molar refractivity (Wildman–Crippen MR) is 117 cm³/mol. The number of hydrogen-bond acceptors (Lipinski definition) is 6. The van der Waals surface area contributed by atoms with E-state index in [0.29, 0.717) is 19.3 Å². The normalized spacial score (nSPS) is 13.3. The molecule has 0 saturated carbocycles. The van der Waals surface area contributed by atoms with Crippen LogP contribution < -0.4 is 0 Å². The molecule has 0 heterocycles. The monoisotopic (exact) mass is 452 g/mol. The second kappa shape index (κ2) is 17.0. The van der Waals surface area contributed by atoms with Crippen LogP contribution in [0.15, 0.2) is 11.4 Å². The van der Waals surface area contributed by atoms with E-state index in [9.17, 15) is 14.2 Å². The second-order valence-electron chi connectivity index (χ2n) is 7.01. The molecule has 0 aromatic rings. The number of allylic oxidation sites excluding steroid dienone is 2. The zero-order valence-electron chi connectivity index (χ0n) is 18.4. The topological polar surface area (TPSA) is 78.9 Å². The minimum atomic E-state index is -3.57. The molecule has 29 heavy (non-hydrogen) atoms. The molecule has 0 aromatic carbocycles. The van der Waals surface area contributed by atoms with Gasteiger partial charge in [0.15, 0.2) is 5.78 Å². The summed E-state index contributed by atoms with van der Waals surface area (Å²) in [4.78, 5) is 23.5. The van der Waals surface area contributed by atoms with Crippen LogP contribution in [0.5, 0.6) is 0 Å². The Bertz CT molecular complexity index is 541. The maximum absolute atomic E-state index is 12.9. The zero-order valence-corrected chi connectivity index (χ0v) is 20.1. The van der Waals surface area contributed by atoms with Crippen molar-refractivity contribution in [3.05, 3.63) is 11.4 Å². The Morgan fingerprint density at radius 1 is 0.897 bits per heavy atom. The van der Waals surface area contributed by atoms with Gasteiger partial charge >= 0.3 is 13.6 Å². The average molecular weight is 453 g/mol. The molecule has 0 N–H and O–H groups in total. The Morgan fingerprint density at radius 3 is 2.03 bits per heavy atom. The minimum Gasteiger partial charge on any atom is -0.469 e. The van der Waals surface area contributed by atoms with Crippen LogP contribution in [-0.4, -0.2) is 38.5 Å². The standard InChI is InChI=1S/C21H38ClO6P/c1-5-6-7-12-15-18(23)21(22)19(29(25,27-3)28-4)16-13-10-8-9-11-14-17-20(24)26-2/h16,21H,5-15,17H2,1-4H3/b19-16-. The highest BCUT2D eigenvalue weighted by Crippen LogP contribution is 2.57. The van der Waals surface area contributed by atoms with E-state index in [-0.39, 0.29) is 17.1 Å². The summed E-state index contributed by atoms with van der Waals surface area (Å²) >= 11 is 6.38. The fraction of sp³-hybridized carbons (Fsp3) is 0.810. The highest BCUT2D eigenvalue weighted by atomic mass is 35.5. The summed E-state index contributed by atoms with van der Waals surface area (Å²) in [7, 11) is 0.425. The first-order chi connectivity index (χ1) is 13.9. The molecular formula is C21H38ClO6P. The number of carbonyl (C=O) groups excluding carboxylic acids is 2. The van der Waals surface area contributed by atoms with Crippen molar-refractivity contribution < 1.29 is 27.9 Å². The molecule has 0 aromatic heterocycles. The van der Waals surface area contributed by atoms with E-state index in [4.69, 9.17) is 20.6 Å². The largest absolute Gasteiger partial charge is 0.469 e. The first-order valence-electron chi connectivity index (χ1n) is 10.5. The van der Waals surface area contributed by atoms with E-state index >= 15 is 0 Å². The Morgan fingerprint density at radius 2 is 1.45 bits per heavy atom. The second-order valence-corrected chi connectivity index (χ2v) is 9.69. The van der Waals surface area contributed by atoms with E-state index in [1.165, 1.54) is 21.3 Å². The lowest BCUT2D eigenvalue weighted by Gasteiger charge is -2.21. The summed E-state index contributed by atoms with van der Waals surface area (Å²) in [5.41, 5.74) is 0. The minimum absolute atomic E-state index is 0.147. The molecule has 0 aliphatic heterocycles. The number of unbranched alkanes of at least 4 members (excludes halogenated alkanes) is 8. The molecule has 0 spiro atoms. The number of rotatable bonds is 18. The molecule has 0 rings (SSSR count). The van der Waals surface area contributed by atoms with Crippen LogP contribution in [0, 0.1) is 0 Å². The first-order valence-corrected chi connectivity index (χ1v) is 12.5. The van der Waals surface area contributed by atoms with Crippen molar-refractivity contribution in [2.75, 3.05) is 21.3 Å². The fourth-order valence-electron chi connectivity index (χ4n) is 2.95. The van der Waals surface area contributed by atoms with E-state index in [2.05, 4.69) is 11.7 Å². The average Bonchev–Trinajstić information content (AvgIpc) is 2.74. The van der Waals surface area contributed by atoms with Gasteiger partial charge in [-0.2, -0.15) is 0 Å². The number of ether oxygens (including phenoxy) is 1. The molecular weight excluding hydrogens is 415 g/mol. The maximum Gasteiger partial charge on any atom is 0.358 e. The molecule has 0 saturated heterocycles. The zero-order chi connectivity index (χ0) is 22.1. The Labute approximate surface area is 181 Å². The summed E-state index contributed by atoms with van der Waals surface area (Å²) < 4.78 is 27.7. The van der Waals surface area contributed by atoms with Crippen LogP contribution in [0.3, 0.4) is 0 Å². The lowest BCUT2D eigenvalue weighted by Crippen LogP contribution is -2.18. The summed E-state index contributed by atoms with van der Waals surface area (Å²) in [6.45, 7) is 2.11. The van der Waals surface area contributed by atoms with Crippen LogP contribution in [0.4, 0.5) is 0 Å². The summed E-state index contributed by atoms with van der Waals surface area (Å²) in [6.07, 6.45) is 11.7. The third-order valence-electron chi connectivity index (χ3n) is 4.78. The van der Waals surface area contributed by atoms with E-state index < -0.39 is 13.0 Å². The number of Topliss-reactive ketones (excluding diaryl/α,β-unsaturated/α-hetero) is 1. The van der Waals surface area contributed by atoms with Crippen molar-refractivity contribution in [2.45, 2.75) is 89.4 Å². The number of alkyl halides is 1. The number of ketones is 1. The van der Waals surface area contributed by atoms with Crippen LogP contribution in [0.2, 0.25) is 0 Å². The maximum atomic E-state index is 12.9.